The maximum absolute atomic E-state index is 6.10. The zero-order chi connectivity index (χ0) is 18.1. The number of anilines is 1. The van der Waals surface area contributed by atoms with E-state index in [0.29, 0.717) is 5.82 Å². The quantitative estimate of drug-likeness (QED) is 0.763. The Balaban J connectivity index is 1.36. The largest absolute Gasteiger partial charge is 0.383 e. The molecule has 2 N–H and O–H groups in total. The lowest BCUT2D eigenvalue weighted by Crippen LogP contribution is -2.45. The highest BCUT2D eigenvalue weighted by Gasteiger charge is 2.19. The van der Waals surface area contributed by atoms with E-state index in [1.807, 2.05) is 35.6 Å². The van der Waals surface area contributed by atoms with Gasteiger partial charge in [-0.2, -0.15) is 0 Å². The molecule has 2 aromatic heterocycles. The molecule has 0 saturated carbocycles. The van der Waals surface area contributed by atoms with Crippen LogP contribution in [0, 0.1) is 13.8 Å². The van der Waals surface area contributed by atoms with E-state index in [1.165, 1.54) is 9.88 Å². The van der Waals surface area contributed by atoms with Gasteiger partial charge in [0.1, 0.15) is 16.6 Å². The Kier molecular flexibility index (Phi) is 4.84. The summed E-state index contributed by atoms with van der Waals surface area (Å²) in [5.41, 5.74) is 8.18. The third-order valence-electron chi connectivity index (χ3n) is 4.94. The SMILES string of the molecule is Cc1nc(CN2CCN(Cc3nc(N)c4ccccc4n3)CC2)sc1C. The van der Waals surface area contributed by atoms with E-state index in [1.54, 1.807) is 0 Å². The normalized spacial score (nSPS) is 16.4. The molecule has 0 radical (unpaired) electrons. The predicted octanol–water partition coefficient (Wildman–Crippen LogP) is 2.60. The highest BCUT2D eigenvalue weighted by atomic mass is 32.1. The number of piperazine rings is 1. The molecule has 1 aromatic carbocycles. The Hall–Kier alpha value is -2.09. The van der Waals surface area contributed by atoms with Crippen LogP contribution in [0.25, 0.3) is 10.9 Å². The first-order valence-corrected chi connectivity index (χ1v) is 9.79. The summed E-state index contributed by atoms with van der Waals surface area (Å²) in [6.07, 6.45) is 0. The van der Waals surface area contributed by atoms with Crippen LogP contribution in [0.3, 0.4) is 0 Å². The van der Waals surface area contributed by atoms with Gasteiger partial charge in [0, 0.05) is 36.4 Å². The molecule has 1 saturated heterocycles. The standard InChI is InChI=1S/C19H24N6S/c1-13-14(2)26-18(21-13)12-25-9-7-24(8-10-25)11-17-22-16-6-4-3-5-15(16)19(20)23-17/h3-6H,7-12H2,1-2H3,(H2,20,22,23). The molecule has 136 valence electrons. The molecule has 1 aliphatic rings. The summed E-state index contributed by atoms with van der Waals surface area (Å²) in [6, 6.07) is 7.91. The number of benzene rings is 1. The number of thiazole rings is 1. The van der Waals surface area contributed by atoms with Crippen molar-refractivity contribution in [1.82, 2.24) is 24.8 Å². The predicted molar refractivity (Wildman–Crippen MR) is 106 cm³/mol. The molecule has 0 bridgehead atoms. The van der Waals surface area contributed by atoms with Gasteiger partial charge in [-0.25, -0.2) is 15.0 Å². The van der Waals surface area contributed by atoms with Crippen LogP contribution >= 0.6 is 11.3 Å². The van der Waals surface area contributed by atoms with Crippen molar-refractivity contribution >= 4 is 28.1 Å². The van der Waals surface area contributed by atoms with Gasteiger partial charge in [-0.1, -0.05) is 12.1 Å². The molecule has 1 aliphatic heterocycles. The van der Waals surface area contributed by atoms with Gasteiger partial charge in [0.15, 0.2) is 0 Å². The van der Waals surface area contributed by atoms with Crippen LogP contribution < -0.4 is 5.73 Å². The van der Waals surface area contributed by atoms with Crippen molar-refractivity contribution in [1.29, 1.82) is 0 Å². The Morgan fingerprint density at radius 3 is 2.35 bits per heavy atom. The van der Waals surface area contributed by atoms with Gasteiger partial charge in [-0.05, 0) is 26.0 Å². The lowest BCUT2D eigenvalue weighted by Gasteiger charge is -2.33. The van der Waals surface area contributed by atoms with Crippen LogP contribution in [0.15, 0.2) is 24.3 Å². The fourth-order valence-electron chi connectivity index (χ4n) is 3.33. The molecule has 0 aliphatic carbocycles. The molecule has 26 heavy (non-hydrogen) atoms. The van der Waals surface area contributed by atoms with E-state index in [2.05, 4.69) is 38.6 Å². The number of para-hydroxylation sites is 1. The van der Waals surface area contributed by atoms with E-state index in [9.17, 15) is 0 Å². The molecule has 6 nitrogen and oxygen atoms in total. The first kappa shape index (κ1) is 17.3. The molecule has 0 unspecified atom stereocenters. The smallest absolute Gasteiger partial charge is 0.145 e. The monoisotopic (exact) mass is 368 g/mol. The summed E-state index contributed by atoms with van der Waals surface area (Å²) in [7, 11) is 0. The van der Waals surface area contributed by atoms with E-state index in [0.717, 1.165) is 61.7 Å². The second-order valence-corrected chi connectivity index (χ2v) is 8.13. The molecule has 4 rings (SSSR count). The van der Waals surface area contributed by atoms with Crippen molar-refractivity contribution in [2.75, 3.05) is 31.9 Å². The maximum Gasteiger partial charge on any atom is 0.145 e. The average molecular weight is 369 g/mol. The Morgan fingerprint density at radius 2 is 1.65 bits per heavy atom. The molecule has 0 atom stereocenters. The van der Waals surface area contributed by atoms with Crippen LogP contribution in [0.2, 0.25) is 0 Å². The summed E-state index contributed by atoms with van der Waals surface area (Å²) < 4.78 is 0. The second kappa shape index (κ2) is 7.26. The van der Waals surface area contributed by atoms with E-state index in [4.69, 9.17) is 5.73 Å². The number of rotatable bonds is 4. The Morgan fingerprint density at radius 1 is 0.962 bits per heavy atom. The summed E-state index contributed by atoms with van der Waals surface area (Å²) in [6.45, 7) is 10.0. The Labute approximate surface area is 157 Å². The number of fused-ring (bicyclic) bond motifs is 1. The van der Waals surface area contributed by atoms with E-state index in [-0.39, 0.29) is 0 Å². The van der Waals surface area contributed by atoms with Crippen LogP contribution in [-0.4, -0.2) is 50.9 Å². The number of nitrogens with zero attached hydrogens (tertiary/aromatic N) is 5. The number of aromatic nitrogens is 3. The molecule has 3 heterocycles. The minimum absolute atomic E-state index is 0.568. The molecule has 7 heteroatoms. The van der Waals surface area contributed by atoms with Crippen molar-refractivity contribution in [3.63, 3.8) is 0 Å². The fraction of sp³-hybridized carbons (Fsp3) is 0.421. The fourth-order valence-corrected chi connectivity index (χ4v) is 4.30. The van der Waals surface area contributed by atoms with Gasteiger partial charge in [0.25, 0.3) is 0 Å². The highest BCUT2D eigenvalue weighted by molar-refractivity contribution is 7.11. The van der Waals surface area contributed by atoms with Crippen molar-refractivity contribution in [2.24, 2.45) is 0 Å². The number of nitrogens with two attached hydrogens (primary N) is 1. The summed E-state index contributed by atoms with van der Waals surface area (Å²) >= 11 is 1.81. The van der Waals surface area contributed by atoms with Crippen molar-refractivity contribution in [2.45, 2.75) is 26.9 Å². The van der Waals surface area contributed by atoms with Crippen LogP contribution in [0.1, 0.15) is 21.4 Å². The topological polar surface area (TPSA) is 71.2 Å². The van der Waals surface area contributed by atoms with Crippen molar-refractivity contribution in [3.05, 3.63) is 45.7 Å². The average Bonchev–Trinajstić information content (AvgIpc) is 2.94. The van der Waals surface area contributed by atoms with Gasteiger partial charge in [0.05, 0.1) is 24.3 Å². The molecular weight excluding hydrogens is 344 g/mol. The van der Waals surface area contributed by atoms with Gasteiger partial charge in [0.2, 0.25) is 0 Å². The molecule has 0 amide bonds. The summed E-state index contributed by atoms with van der Waals surface area (Å²) in [4.78, 5) is 20.0. The second-order valence-electron chi connectivity index (χ2n) is 6.84. The number of hydrogen-bond acceptors (Lipinski definition) is 7. The number of nitrogen functional groups attached to an aromatic ring is 1. The van der Waals surface area contributed by atoms with Crippen molar-refractivity contribution in [3.8, 4) is 0 Å². The maximum atomic E-state index is 6.10. The highest BCUT2D eigenvalue weighted by Crippen LogP contribution is 2.20. The van der Waals surface area contributed by atoms with Gasteiger partial charge in [-0.15, -0.1) is 11.3 Å². The van der Waals surface area contributed by atoms with Crippen LogP contribution in [-0.2, 0) is 13.1 Å². The van der Waals surface area contributed by atoms with Gasteiger partial charge >= 0.3 is 0 Å². The number of aryl methyl sites for hydroxylation is 2. The molecule has 3 aromatic rings. The molecule has 0 spiro atoms. The minimum Gasteiger partial charge on any atom is -0.383 e. The lowest BCUT2D eigenvalue weighted by atomic mass is 10.2. The zero-order valence-electron chi connectivity index (χ0n) is 15.3. The molecule has 1 fully saturated rings. The lowest BCUT2D eigenvalue weighted by molar-refractivity contribution is 0.120. The zero-order valence-corrected chi connectivity index (χ0v) is 16.1. The minimum atomic E-state index is 0.568. The van der Waals surface area contributed by atoms with E-state index < -0.39 is 0 Å². The summed E-state index contributed by atoms with van der Waals surface area (Å²) in [5.74, 6) is 1.37. The van der Waals surface area contributed by atoms with Crippen LogP contribution in [0.5, 0.6) is 0 Å². The molecular formula is C19H24N6S. The van der Waals surface area contributed by atoms with Crippen molar-refractivity contribution < 1.29 is 0 Å². The summed E-state index contributed by atoms with van der Waals surface area (Å²) in [5, 5.41) is 2.15. The third-order valence-corrected chi connectivity index (χ3v) is 6.00. The van der Waals surface area contributed by atoms with E-state index >= 15 is 0 Å². The first-order valence-electron chi connectivity index (χ1n) is 8.97. The third kappa shape index (κ3) is 3.70. The van der Waals surface area contributed by atoms with Gasteiger partial charge in [-0.3, -0.25) is 9.80 Å². The Bertz CT molecular complexity index is 894. The van der Waals surface area contributed by atoms with Crippen LogP contribution in [0.4, 0.5) is 5.82 Å². The van der Waals surface area contributed by atoms with Gasteiger partial charge < -0.3 is 5.73 Å². The number of hydrogen-bond donors (Lipinski definition) is 1. The first-order chi connectivity index (χ1) is 12.6.